The number of aldehydes is 1. The highest BCUT2D eigenvalue weighted by atomic mass is 19.1. The summed E-state index contributed by atoms with van der Waals surface area (Å²) in [4.78, 5) is 21.7. The third kappa shape index (κ3) is 5.23. The predicted molar refractivity (Wildman–Crippen MR) is 62.0 cm³/mol. The molecule has 0 saturated carbocycles. The molecule has 98 valence electrons. The van der Waals surface area contributed by atoms with Crippen molar-refractivity contribution >= 4 is 12.2 Å². The van der Waals surface area contributed by atoms with Crippen molar-refractivity contribution in [1.82, 2.24) is 10.6 Å². The molecule has 0 aromatic heterocycles. The molecule has 0 aromatic rings. The number of carbonyl (C=O) groups excluding carboxylic acids is 2. The monoisotopic (exact) mass is 245 g/mol. The fraction of sp³-hybridized carbons (Fsp3) is 0.818. The van der Waals surface area contributed by atoms with Gasteiger partial charge in [-0.25, -0.2) is 4.39 Å². The number of unbranched alkanes of at least 4 members (excludes halogenated alkanes) is 1. The maximum Gasteiger partial charge on any atom is 0.237 e. The molecule has 1 saturated heterocycles. The van der Waals surface area contributed by atoms with Crippen LogP contribution in [0.3, 0.4) is 0 Å². The number of hydrogen-bond acceptors (Lipinski definition) is 4. The Hall–Kier alpha value is -1.01. The van der Waals surface area contributed by atoms with E-state index >= 15 is 0 Å². The SMILES string of the molecule is N[C@](F)(C=O)CCCCNC(=O)C1CCCN1. The average molecular weight is 245 g/mol. The first-order valence-electron chi connectivity index (χ1n) is 6.00. The van der Waals surface area contributed by atoms with Gasteiger partial charge in [0.15, 0.2) is 6.29 Å². The molecule has 1 aliphatic rings. The van der Waals surface area contributed by atoms with E-state index in [4.69, 9.17) is 5.73 Å². The van der Waals surface area contributed by atoms with Crippen molar-refractivity contribution in [3.8, 4) is 0 Å². The molecule has 0 bridgehead atoms. The average Bonchev–Trinajstić information content (AvgIpc) is 2.82. The number of nitrogens with one attached hydrogen (secondary N) is 2. The number of rotatable bonds is 7. The van der Waals surface area contributed by atoms with Gasteiger partial charge in [-0.1, -0.05) is 0 Å². The van der Waals surface area contributed by atoms with Crippen LogP contribution in [0.25, 0.3) is 0 Å². The molecular weight excluding hydrogens is 225 g/mol. The summed E-state index contributed by atoms with van der Waals surface area (Å²) in [5.74, 6) is -2.23. The lowest BCUT2D eigenvalue weighted by Crippen LogP contribution is -2.41. The van der Waals surface area contributed by atoms with Gasteiger partial charge in [0.05, 0.1) is 6.04 Å². The van der Waals surface area contributed by atoms with Gasteiger partial charge in [0.25, 0.3) is 0 Å². The van der Waals surface area contributed by atoms with E-state index in [0.717, 1.165) is 19.4 Å². The molecule has 0 aromatic carbocycles. The summed E-state index contributed by atoms with van der Waals surface area (Å²) in [6.45, 7) is 1.38. The fourth-order valence-electron chi connectivity index (χ4n) is 1.82. The molecule has 0 aliphatic carbocycles. The summed E-state index contributed by atoms with van der Waals surface area (Å²) >= 11 is 0. The highest BCUT2D eigenvalue weighted by molar-refractivity contribution is 5.81. The topological polar surface area (TPSA) is 84.2 Å². The van der Waals surface area contributed by atoms with Crippen molar-refractivity contribution in [2.45, 2.75) is 43.9 Å². The van der Waals surface area contributed by atoms with Crippen LogP contribution in [-0.4, -0.2) is 37.1 Å². The maximum absolute atomic E-state index is 13.0. The lowest BCUT2D eigenvalue weighted by molar-refractivity contribution is -0.123. The summed E-state index contributed by atoms with van der Waals surface area (Å²) in [6, 6.07) is -0.0836. The number of carbonyl (C=O) groups is 2. The first-order valence-corrected chi connectivity index (χ1v) is 6.00. The van der Waals surface area contributed by atoms with E-state index < -0.39 is 5.79 Å². The highest BCUT2D eigenvalue weighted by Gasteiger charge is 2.22. The molecule has 5 nitrogen and oxygen atoms in total. The first-order chi connectivity index (χ1) is 8.05. The minimum Gasteiger partial charge on any atom is -0.355 e. The molecule has 6 heteroatoms. The van der Waals surface area contributed by atoms with E-state index in [2.05, 4.69) is 10.6 Å². The van der Waals surface area contributed by atoms with Crippen molar-refractivity contribution in [2.75, 3.05) is 13.1 Å². The molecule has 2 atom stereocenters. The zero-order chi connectivity index (χ0) is 12.7. The van der Waals surface area contributed by atoms with Crippen molar-refractivity contribution in [1.29, 1.82) is 0 Å². The standard InChI is InChI=1S/C11H20FN3O2/c12-11(13,8-16)5-1-2-6-15-10(17)9-4-3-7-14-9/h8-9,14H,1-7,13H2,(H,15,17)/t9?,11-/m0/s1. The van der Waals surface area contributed by atoms with Crippen LogP contribution in [0.4, 0.5) is 4.39 Å². The van der Waals surface area contributed by atoms with Crippen LogP contribution in [0.1, 0.15) is 32.1 Å². The molecule has 1 fully saturated rings. The second-order valence-corrected chi connectivity index (χ2v) is 4.44. The van der Waals surface area contributed by atoms with Crippen LogP contribution in [-0.2, 0) is 9.59 Å². The van der Waals surface area contributed by atoms with Gasteiger partial charge in [-0.05, 0) is 32.2 Å². The third-order valence-corrected chi connectivity index (χ3v) is 2.86. The molecule has 17 heavy (non-hydrogen) atoms. The maximum atomic E-state index is 13.0. The van der Waals surface area contributed by atoms with Gasteiger partial charge in [-0.2, -0.15) is 0 Å². The molecule has 1 aliphatic heterocycles. The molecule has 4 N–H and O–H groups in total. The second-order valence-electron chi connectivity index (χ2n) is 4.44. The highest BCUT2D eigenvalue weighted by Crippen LogP contribution is 2.09. The van der Waals surface area contributed by atoms with E-state index in [0.29, 0.717) is 19.4 Å². The summed E-state index contributed by atoms with van der Waals surface area (Å²) in [6.07, 6.45) is 3.10. The van der Waals surface area contributed by atoms with E-state index in [1.165, 1.54) is 0 Å². The van der Waals surface area contributed by atoms with Gasteiger partial charge in [0, 0.05) is 13.0 Å². The molecule has 1 unspecified atom stereocenters. The van der Waals surface area contributed by atoms with E-state index in [1.807, 2.05) is 0 Å². The third-order valence-electron chi connectivity index (χ3n) is 2.86. The van der Waals surface area contributed by atoms with E-state index in [1.54, 1.807) is 0 Å². The first kappa shape index (κ1) is 14.1. The van der Waals surface area contributed by atoms with Gasteiger partial charge in [-0.3, -0.25) is 15.3 Å². The molecule has 1 heterocycles. The zero-order valence-corrected chi connectivity index (χ0v) is 9.88. The van der Waals surface area contributed by atoms with Gasteiger partial charge in [0.1, 0.15) is 0 Å². The van der Waals surface area contributed by atoms with Crippen LogP contribution in [0.15, 0.2) is 0 Å². The van der Waals surface area contributed by atoms with E-state index in [-0.39, 0.29) is 24.7 Å². The molecule has 1 rings (SSSR count). The Bertz CT molecular complexity index is 265. The Morgan fingerprint density at radius 3 is 2.94 bits per heavy atom. The summed E-state index contributed by atoms with van der Waals surface area (Å²) in [5, 5.41) is 5.87. The predicted octanol–water partition coefficient (Wildman–Crippen LogP) is -0.152. The number of alkyl halides is 1. The largest absolute Gasteiger partial charge is 0.355 e. The van der Waals surface area contributed by atoms with Crippen LogP contribution < -0.4 is 16.4 Å². The van der Waals surface area contributed by atoms with Crippen molar-refractivity contribution in [2.24, 2.45) is 5.73 Å². The van der Waals surface area contributed by atoms with Crippen LogP contribution in [0, 0.1) is 0 Å². The molecule has 1 amide bonds. The summed E-state index contributed by atoms with van der Waals surface area (Å²) < 4.78 is 13.0. The summed E-state index contributed by atoms with van der Waals surface area (Å²) in [7, 11) is 0. The van der Waals surface area contributed by atoms with Crippen LogP contribution in [0.2, 0.25) is 0 Å². The van der Waals surface area contributed by atoms with Crippen molar-refractivity contribution < 1.29 is 14.0 Å². The van der Waals surface area contributed by atoms with Crippen molar-refractivity contribution in [3.63, 3.8) is 0 Å². The fourth-order valence-corrected chi connectivity index (χ4v) is 1.82. The van der Waals surface area contributed by atoms with Gasteiger partial charge < -0.3 is 10.6 Å². The lowest BCUT2D eigenvalue weighted by Gasteiger charge is -2.13. The van der Waals surface area contributed by atoms with E-state index in [9.17, 15) is 14.0 Å². The number of hydrogen-bond donors (Lipinski definition) is 3. The molecular formula is C11H20FN3O2. The Morgan fingerprint density at radius 1 is 1.59 bits per heavy atom. The minimum absolute atomic E-state index is 0.00264. The summed E-state index contributed by atoms with van der Waals surface area (Å²) in [5.41, 5.74) is 5.03. The molecule has 0 spiro atoms. The Labute approximate surface area is 100 Å². The normalized spacial score (nSPS) is 23.1. The van der Waals surface area contributed by atoms with Crippen molar-refractivity contribution in [3.05, 3.63) is 0 Å². The Morgan fingerprint density at radius 2 is 2.35 bits per heavy atom. The quantitative estimate of drug-likeness (QED) is 0.331. The zero-order valence-electron chi connectivity index (χ0n) is 9.88. The number of nitrogens with two attached hydrogens (primary N) is 1. The lowest BCUT2D eigenvalue weighted by atomic mass is 10.1. The minimum atomic E-state index is -2.23. The molecule has 0 radical (unpaired) electrons. The van der Waals surface area contributed by atoms with Crippen LogP contribution in [0.5, 0.6) is 0 Å². The van der Waals surface area contributed by atoms with Crippen LogP contribution >= 0.6 is 0 Å². The number of amides is 1. The van der Waals surface area contributed by atoms with Gasteiger partial charge in [0.2, 0.25) is 11.7 Å². The smallest absolute Gasteiger partial charge is 0.237 e. The van der Waals surface area contributed by atoms with Gasteiger partial charge in [-0.15, -0.1) is 0 Å². The Kier molecular flexibility index (Phi) is 5.50. The van der Waals surface area contributed by atoms with Gasteiger partial charge >= 0.3 is 0 Å². The number of halogens is 1. The Balaban J connectivity index is 2.04. The second kappa shape index (κ2) is 6.66.